The minimum absolute atomic E-state index is 0.152. The van der Waals surface area contributed by atoms with Gasteiger partial charge < -0.3 is 9.47 Å². The summed E-state index contributed by atoms with van der Waals surface area (Å²) in [5.41, 5.74) is 0.318. The van der Waals surface area contributed by atoms with Crippen LogP contribution in [0, 0.1) is 0 Å². The van der Waals surface area contributed by atoms with Gasteiger partial charge in [0.05, 0.1) is 12.8 Å². The van der Waals surface area contributed by atoms with Crippen molar-refractivity contribution in [3.8, 4) is 0 Å². The number of nitrogens with zero attached hydrogens (tertiary/aromatic N) is 1. The third kappa shape index (κ3) is 4.43. The summed E-state index contributed by atoms with van der Waals surface area (Å²) in [6.07, 6.45) is 2.91. The van der Waals surface area contributed by atoms with Gasteiger partial charge in [0, 0.05) is 12.6 Å². The standard InChI is InChI=1S/C18H23NO6S/c1-18(2,3)25-16(20)10-9-13-7-5-6-8-14(13)19-12-11-15(17(21)24-4)26(19,22)23/h5-10,15H,11-12H2,1-4H3/b10-9+. The molecule has 0 radical (unpaired) electrons. The van der Waals surface area contributed by atoms with Crippen molar-refractivity contribution < 1.29 is 27.5 Å². The lowest BCUT2D eigenvalue weighted by molar-refractivity contribution is -0.148. The van der Waals surface area contributed by atoms with Crippen molar-refractivity contribution in [1.29, 1.82) is 0 Å². The number of carbonyl (C=O) groups excluding carboxylic acids is 2. The van der Waals surface area contributed by atoms with Crippen molar-refractivity contribution in [3.05, 3.63) is 35.9 Å². The molecule has 7 nitrogen and oxygen atoms in total. The quantitative estimate of drug-likeness (QED) is 0.586. The molecule has 0 aliphatic carbocycles. The smallest absolute Gasteiger partial charge is 0.331 e. The zero-order valence-electron chi connectivity index (χ0n) is 15.3. The van der Waals surface area contributed by atoms with Crippen molar-refractivity contribution in [2.45, 2.75) is 38.0 Å². The lowest BCUT2D eigenvalue weighted by Gasteiger charge is -2.20. The number of sulfonamides is 1. The molecular formula is C18H23NO6S. The van der Waals surface area contributed by atoms with Gasteiger partial charge in [-0.2, -0.15) is 0 Å². The third-order valence-electron chi connectivity index (χ3n) is 3.74. The maximum atomic E-state index is 12.7. The van der Waals surface area contributed by atoms with Crippen LogP contribution < -0.4 is 4.31 Å². The lowest BCUT2D eigenvalue weighted by Crippen LogP contribution is -2.34. The van der Waals surface area contributed by atoms with E-state index in [2.05, 4.69) is 4.74 Å². The zero-order chi connectivity index (χ0) is 19.5. The van der Waals surface area contributed by atoms with E-state index in [9.17, 15) is 18.0 Å². The Balaban J connectivity index is 2.30. The van der Waals surface area contributed by atoms with Crippen molar-refractivity contribution in [2.24, 2.45) is 0 Å². The molecule has 1 unspecified atom stereocenters. The maximum Gasteiger partial charge on any atom is 0.331 e. The minimum Gasteiger partial charge on any atom is -0.468 e. The summed E-state index contributed by atoms with van der Waals surface area (Å²) in [6, 6.07) is 6.75. The lowest BCUT2D eigenvalue weighted by atomic mass is 10.1. The molecule has 0 bridgehead atoms. The number of para-hydroxylation sites is 1. The summed E-state index contributed by atoms with van der Waals surface area (Å²) in [5.74, 6) is -1.29. The fourth-order valence-electron chi connectivity index (χ4n) is 2.64. The molecule has 0 aromatic heterocycles. The molecule has 1 saturated heterocycles. The number of hydrogen-bond acceptors (Lipinski definition) is 6. The first kappa shape index (κ1) is 20.0. The van der Waals surface area contributed by atoms with E-state index in [1.807, 2.05) is 0 Å². The van der Waals surface area contributed by atoms with E-state index < -0.39 is 32.8 Å². The molecule has 1 aromatic carbocycles. The van der Waals surface area contributed by atoms with E-state index in [0.717, 1.165) is 7.11 Å². The van der Waals surface area contributed by atoms with Crippen molar-refractivity contribution >= 4 is 33.7 Å². The summed E-state index contributed by atoms with van der Waals surface area (Å²) in [5, 5.41) is -1.21. The molecule has 0 N–H and O–H groups in total. The first-order chi connectivity index (χ1) is 12.1. The van der Waals surface area contributed by atoms with Gasteiger partial charge in [-0.05, 0) is 44.9 Å². The average Bonchev–Trinajstić information content (AvgIpc) is 2.85. The van der Waals surface area contributed by atoms with E-state index >= 15 is 0 Å². The third-order valence-corrected chi connectivity index (χ3v) is 5.88. The summed E-state index contributed by atoms with van der Waals surface area (Å²) >= 11 is 0. The second kappa shape index (κ2) is 7.49. The van der Waals surface area contributed by atoms with Gasteiger partial charge in [-0.15, -0.1) is 0 Å². The highest BCUT2D eigenvalue weighted by atomic mass is 32.2. The number of hydrogen-bond donors (Lipinski definition) is 0. The fourth-order valence-corrected chi connectivity index (χ4v) is 4.49. The first-order valence-electron chi connectivity index (χ1n) is 8.16. The minimum atomic E-state index is -3.87. The molecule has 26 heavy (non-hydrogen) atoms. The van der Waals surface area contributed by atoms with Gasteiger partial charge in [-0.3, -0.25) is 9.10 Å². The van der Waals surface area contributed by atoms with Crippen molar-refractivity contribution in [3.63, 3.8) is 0 Å². The Hall–Kier alpha value is -2.35. The molecule has 0 amide bonds. The predicted molar refractivity (Wildman–Crippen MR) is 98.0 cm³/mol. The van der Waals surface area contributed by atoms with E-state index in [0.29, 0.717) is 11.3 Å². The van der Waals surface area contributed by atoms with Gasteiger partial charge in [-0.25, -0.2) is 13.2 Å². The van der Waals surface area contributed by atoms with Crippen LogP contribution in [0.2, 0.25) is 0 Å². The normalized spacial score (nSPS) is 19.5. The summed E-state index contributed by atoms with van der Waals surface area (Å²) in [7, 11) is -2.71. The van der Waals surface area contributed by atoms with E-state index in [-0.39, 0.29) is 13.0 Å². The molecule has 1 heterocycles. The molecule has 1 aliphatic rings. The number of esters is 2. The Kier molecular flexibility index (Phi) is 5.75. The molecule has 1 atom stereocenters. The number of anilines is 1. The molecule has 1 fully saturated rings. The number of ether oxygens (including phenoxy) is 2. The van der Waals surface area contributed by atoms with Crippen LogP contribution in [0.4, 0.5) is 5.69 Å². The molecule has 8 heteroatoms. The summed E-state index contributed by atoms with van der Waals surface area (Å²) < 4.78 is 36.3. The van der Waals surface area contributed by atoms with Crippen LogP contribution in [0.3, 0.4) is 0 Å². The number of carbonyl (C=O) groups is 2. The highest BCUT2D eigenvalue weighted by molar-refractivity contribution is 7.94. The molecule has 1 aromatic rings. The topological polar surface area (TPSA) is 90.0 Å². The fraction of sp³-hybridized carbons (Fsp3) is 0.444. The van der Waals surface area contributed by atoms with Crippen LogP contribution in [0.25, 0.3) is 6.08 Å². The van der Waals surface area contributed by atoms with Gasteiger partial charge in [0.1, 0.15) is 5.60 Å². The van der Waals surface area contributed by atoms with E-state index in [1.54, 1.807) is 45.0 Å². The van der Waals surface area contributed by atoms with Gasteiger partial charge in [-0.1, -0.05) is 18.2 Å². The van der Waals surface area contributed by atoms with Crippen LogP contribution in [-0.2, 0) is 29.1 Å². The van der Waals surface area contributed by atoms with Gasteiger partial charge in [0.25, 0.3) is 0 Å². The van der Waals surface area contributed by atoms with E-state index in [1.165, 1.54) is 16.5 Å². The highest BCUT2D eigenvalue weighted by Crippen LogP contribution is 2.32. The predicted octanol–water partition coefficient (Wildman–Crippen LogP) is 2.12. The summed E-state index contributed by atoms with van der Waals surface area (Å²) in [4.78, 5) is 23.6. The zero-order valence-corrected chi connectivity index (χ0v) is 16.1. The van der Waals surface area contributed by atoms with Crippen molar-refractivity contribution in [2.75, 3.05) is 18.0 Å². The largest absolute Gasteiger partial charge is 0.468 e. The number of rotatable bonds is 4. The van der Waals surface area contributed by atoms with Gasteiger partial charge in [0.2, 0.25) is 10.0 Å². The maximum absolute atomic E-state index is 12.7. The number of benzene rings is 1. The second-order valence-corrected chi connectivity index (χ2v) is 8.88. The van der Waals surface area contributed by atoms with Crippen LogP contribution in [-0.4, -0.2) is 44.9 Å². The molecule has 0 spiro atoms. The Morgan fingerprint density at radius 1 is 1.23 bits per heavy atom. The average molecular weight is 381 g/mol. The van der Waals surface area contributed by atoms with Gasteiger partial charge in [0.15, 0.2) is 5.25 Å². The monoisotopic (exact) mass is 381 g/mol. The molecule has 0 saturated carbocycles. The van der Waals surface area contributed by atoms with Crippen LogP contribution in [0.15, 0.2) is 30.3 Å². The van der Waals surface area contributed by atoms with Crippen LogP contribution in [0.1, 0.15) is 32.8 Å². The van der Waals surface area contributed by atoms with E-state index in [4.69, 9.17) is 4.74 Å². The Morgan fingerprint density at radius 2 is 1.88 bits per heavy atom. The molecular weight excluding hydrogens is 358 g/mol. The van der Waals surface area contributed by atoms with Gasteiger partial charge >= 0.3 is 11.9 Å². The molecule has 142 valence electrons. The molecule has 1 aliphatic heterocycles. The first-order valence-corrected chi connectivity index (χ1v) is 9.66. The van der Waals surface area contributed by atoms with Crippen LogP contribution >= 0.6 is 0 Å². The highest BCUT2D eigenvalue weighted by Gasteiger charge is 2.44. The van der Waals surface area contributed by atoms with Crippen molar-refractivity contribution in [1.82, 2.24) is 0 Å². The second-order valence-electron chi connectivity index (χ2n) is 6.84. The Bertz CT molecular complexity index is 822. The SMILES string of the molecule is COC(=O)C1CCN(c2ccccc2/C=C/C(=O)OC(C)(C)C)S1(=O)=O. The Labute approximate surface area is 153 Å². The Morgan fingerprint density at radius 3 is 2.50 bits per heavy atom. The molecule has 2 rings (SSSR count). The van der Waals surface area contributed by atoms with Crippen LogP contribution in [0.5, 0.6) is 0 Å². The number of methoxy groups -OCH3 is 1. The summed E-state index contributed by atoms with van der Waals surface area (Å²) in [6.45, 7) is 5.45.